The minimum absolute atomic E-state index is 0.0373. The molecule has 2 saturated heterocycles. The SMILES string of the molecule is Cc1ncccc1Oc1ncnc(OC2CC3CCC(C2)N3C(=O)O[C@@H](C)c2ccccc2)c1C. The average molecular weight is 475 g/mol. The van der Waals surface area contributed by atoms with E-state index in [0.29, 0.717) is 17.5 Å². The highest BCUT2D eigenvalue weighted by molar-refractivity contribution is 5.69. The van der Waals surface area contributed by atoms with Gasteiger partial charge in [-0.2, -0.15) is 0 Å². The second-order valence-electron chi connectivity index (χ2n) is 9.24. The molecule has 5 rings (SSSR count). The minimum Gasteiger partial charge on any atom is -0.474 e. The Labute approximate surface area is 205 Å². The summed E-state index contributed by atoms with van der Waals surface area (Å²) in [5.74, 6) is 1.61. The molecule has 0 aliphatic carbocycles. The van der Waals surface area contributed by atoms with Crippen molar-refractivity contribution in [2.45, 2.75) is 70.7 Å². The van der Waals surface area contributed by atoms with Crippen LogP contribution in [0.1, 0.15) is 55.5 Å². The van der Waals surface area contributed by atoms with E-state index in [1.54, 1.807) is 6.20 Å². The van der Waals surface area contributed by atoms with Crippen LogP contribution in [0.4, 0.5) is 4.79 Å². The van der Waals surface area contributed by atoms with Crippen molar-refractivity contribution < 1.29 is 19.0 Å². The van der Waals surface area contributed by atoms with Gasteiger partial charge in [0.15, 0.2) is 5.75 Å². The molecule has 2 fully saturated rings. The molecule has 0 N–H and O–H groups in total. The summed E-state index contributed by atoms with van der Waals surface area (Å²) in [6, 6.07) is 13.7. The molecule has 2 unspecified atom stereocenters. The third-order valence-electron chi connectivity index (χ3n) is 6.88. The van der Waals surface area contributed by atoms with Gasteiger partial charge in [0.1, 0.15) is 18.5 Å². The number of rotatable bonds is 6. The van der Waals surface area contributed by atoms with Gasteiger partial charge in [0.05, 0.1) is 11.3 Å². The number of carbonyl (C=O) groups is 1. The summed E-state index contributed by atoms with van der Waals surface area (Å²) < 4.78 is 18.1. The Morgan fingerprint density at radius 1 is 0.971 bits per heavy atom. The van der Waals surface area contributed by atoms with Gasteiger partial charge in [0.25, 0.3) is 0 Å². The van der Waals surface area contributed by atoms with Gasteiger partial charge in [0, 0.05) is 31.1 Å². The van der Waals surface area contributed by atoms with E-state index >= 15 is 0 Å². The van der Waals surface area contributed by atoms with Crippen LogP contribution in [-0.2, 0) is 4.74 Å². The van der Waals surface area contributed by atoms with Crippen LogP contribution in [0.2, 0.25) is 0 Å². The molecule has 1 aromatic carbocycles. The predicted octanol–water partition coefficient (Wildman–Crippen LogP) is 5.55. The lowest BCUT2D eigenvalue weighted by atomic mass is 10.00. The molecule has 3 aromatic rings. The van der Waals surface area contributed by atoms with Gasteiger partial charge in [-0.15, -0.1) is 0 Å². The molecule has 0 saturated carbocycles. The van der Waals surface area contributed by atoms with Crippen LogP contribution >= 0.6 is 0 Å². The number of piperidine rings is 1. The fourth-order valence-electron chi connectivity index (χ4n) is 5.01. The monoisotopic (exact) mass is 474 g/mol. The molecule has 35 heavy (non-hydrogen) atoms. The summed E-state index contributed by atoms with van der Waals surface area (Å²) in [6.45, 7) is 5.69. The molecule has 2 bridgehead atoms. The number of aryl methyl sites for hydroxylation is 1. The number of fused-ring (bicyclic) bond motifs is 2. The van der Waals surface area contributed by atoms with Crippen LogP contribution in [0, 0.1) is 13.8 Å². The van der Waals surface area contributed by atoms with Gasteiger partial charge in [-0.25, -0.2) is 14.8 Å². The number of amides is 1. The molecule has 2 aliphatic heterocycles. The van der Waals surface area contributed by atoms with Gasteiger partial charge in [-0.1, -0.05) is 30.3 Å². The fraction of sp³-hybridized carbons (Fsp3) is 0.407. The van der Waals surface area contributed by atoms with Crippen molar-refractivity contribution in [2.24, 2.45) is 0 Å². The lowest BCUT2D eigenvalue weighted by Gasteiger charge is -2.38. The maximum atomic E-state index is 13.0. The van der Waals surface area contributed by atoms with E-state index in [1.807, 2.05) is 68.1 Å². The number of pyridine rings is 1. The smallest absolute Gasteiger partial charge is 0.410 e. The maximum Gasteiger partial charge on any atom is 0.410 e. The quantitative estimate of drug-likeness (QED) is 0.463. The van der Waals surface area contributed by atoms with Crippen LogP contribution < -0.4 is 9.47 Å². The molecular formula is C27H30N4O4. The van der Waals surface area contributed by atoms with Crippen LogP contribution in [0.3, 0.4) is 0 Å². The Morgan fingerprint density at radius 3 is 2.40 bits per heavy atom. The van der Waals surface area contributed by atoms with Gasteiger partial charge in [0.2, 0.25) is 11.8 Å². The Bertz CT molecular complexity index is 1170. The molecule has 3 atom stereocenters. The molecule has 1 amide bonds. The lowest BCUT2D eigenvalue weighted by molar-refractivity contribution is 0.0170. The Kier molecular flexibility index (Phi) is 6.53. The van der Waals surface area contributed by atoms with E-state index in [2.05, 4.69) is 15.0 Å². The van der Waals surface area contributed by atoms with Crippen molar-refractivity contribution in [2.75, 3.05) is 0 Å². The summed E-state index contributed by atoms with van der Waals surface area (Å²) in [7, 11) is 0. The zero-order chi connectivity index (χ0) is 24.4. The van der Waals surface area contributed by atoms with E-state index in [0.717, 1.165) is 42.5 Å². The Balaban J connectivity index is 1.23. The highest BCUT2D eigenvalue weighted by atomic mass is 16.6. The first kappa shape index (κ1) is 23.1. The molecule has 0 radical (unpaired) electrons. The molecule has 8 heteroatoms. The van der Waals surface area contributed by atoms with E-state index < -0.39 is 0 Å². The molecule has 0 spiro atoms. The zero-order valence-electron chi connectivity index (χ0n) is 20.3. The first-order valence-electron chi connectivity index (χ1n) is 12.1. The first-order chi connectivity index (χ1) is 17.0. The number of benzene rings is 1. The van der Waals surface area contributed by atoms with Crippen molar-refractivity contribution in [1.82, 2.24) is 19.9 Å². The van der Waals surface area contributed by atoms with Gasteiger partial charge in [-0.3, -0.25) is 4.98 Å². The fourth-order valence-corrected chi connectivity index (χ4v) is 5.01. The highest BCUT2D eigenvalue weighted by Gasteiger charge is 2.45. The Morgan fingerprint density at radius 2 is 1.69 bits per heavy atom. The topological polar surface area (TPSA) is 86.7 Å². The molecule has 2 aliphatic rings. The van der Waals surface area contributed by atoms with Crippen molar-refractivity contribution in [1.29, 1.82) is 0 Å². The van der Waals surface area contributed by atoms with Gasteiger partial charge in [-0.05, 0) is 51.3 Å². The molecule has 182 valence electrons. The summed E-state index contributed by atoms with van der Waals surface area (Å²) in [6.07, 6.45) is 6.00. The van der Waals surface area contributed by atoms with Crippen molar-refractivity contribution in [3.63, 3.8) is 0 Å². The first-order valence-corrected chi connectivity index (χ1v) is 12.1. The standard InChI is InChI=1S/C27H30N4O4/c1-17-25(29-16-30-26(17)35-24-10-7-13-28-18(24)2)34-23-14-21-11-12-22(15-23)31(21)27(32)33-19(3)20-8-5-4-6-9-20/h4-10,13,16,19,21-23H,11-12,14-15H2,1-3H3/t19-,21?,22?,23?/m0/s1. The Hall–Kier alpha value is -3.68. The average Bonchev–Trinajstić information content (AvgIpc) is 3.14. The molecule has 2 aromatic heterocycles. The third kappa shape index (κ3) is 4.92. The van der Waals surface area contributed by atoms with Crippen LogP contribution in [0.25, 0.3) is 0 Å². The summed E-state index contributed by atoms with van der Waals surface area (Å²) in [5.41, 5.74) is 2.51. The van der Waals surface area contributed by atoms with Crippen molar-refractivity contribution in [3.8, 4) is 17.5 Å². The van der Waals surface area contributed by atoms with Gasteiger partial charge >= 0.3 is 6.09 Å². The molecule has 4 heterocycles. The van der Waals surface area contributed by atoms with E-state index in [1.165, 1.54) is 6.33 Å². The lowest BCUT2D eigenvalue weighted by Crippen LogP contribution is -2.49. The van der Waals surface area contributed by atoms with Gasteiger partial charge < -0.3 is 19.1 Å². The van der Waals surface area contributed by atoms with Crippen molar-refractivity contribution >= 4 is 6.09 Å². The summed E-state index contributed by atoms with van der Waals surface area (Å²) in [4.78, 5) is 27.9. The second-order valence-corrected chi connectivity index (χ2v) is 9.24. The number of aromatic nitrogens is 3. The van der Waals surface area contributed by atoms with Crippen LogP contribution in [0.15, 0.2) is 55.0 Å². The molecule has 8 nitrogen and oxygen atoms in total. The van der Waals surface area contributed by atoms with E-state index in [4.69, 9.17) is 14.2 Å². The van der Waals surface area contributed by atoms with Crippen LogP contribution in [0.5, 0.6) is 17.5 Å². The van der Waals surface area contributed by atoms with Crippen molar-refractivity contribution in [3.05, 3.63) is 71.8 Å². The number of ether oxygens (including phenoxy) is 3. The highest BCUT2D eigenvalue weighted by Crippen LogP contribution is 2.39. The summed E-state index contributed by atoms with van der Waals surface area (Å²) >= 11 is 0. The zero-order valence-corrected chi connectivity index (χ0v) is 20.3. The van der Waals surface area contributed by atoms with E-state index in [-0.39, 0.29) is 30.4 Å². The largest absolute Gasteiger partial charge is 0.474 e. The minimum atomic E-state index is -0.289. The maximum absolute atomic E-state index is 13.0. The second kappa shape index (κ2) is 9.90. The number of carbonyl (C=O) groups excluding carboxylic acids is 1. The number of hydrogen-bond acceptors (Lipinski definition) is 7. The third-order valence-corrected chi connectivity index (χ3v) is 6.88. The van der Waals surface area contributed by atoms with E-state index in [9.17, 15) is 4.79 Å². The normalized spacial score (nSPS) is 21.9. The summed E-state index contributed by atoms with van der Waals surface area (Å²) in [5, 5.41) is 0. The number of nitrogens with zero attached hydrogens (tertiary/aromatic N) is 4. The molecular weight excluding hydrogens is 444 g/mol. The van der Waals surface area contributed by atoms with Crippen LogP contribution in [-0.4, -0.2) is 44.1 Å². The number of hydrogen-bond donors (Lipinski definition) is 0. The predicted molar refractivity (Wildman–Crippen MR) is 129 cm³/mol.